The number of nitriles is 1. The van der Waals surface area contributed by atoms with Gasteiger partial charge in [0.2, 0.25) is 5.91 Å². The van der Waals surface area contributed by atoms with E-state index < -0.39 is 17.7 Å². The number of ether oxygens (including phenoxy) is 1. The van der Waals surface area contributed by atoms with Crippen LogP contribution in [0.3, 0.4) is 0 Å². The first kappa shape index (κ1) is 20.7. The van der Waals surface area contributed by atoms with Gasteiger partial charge in [-0.1, -0.05) is 0 Å². The predicted molar refractivity (Wildman–Crippen MR) is 114 cm³/mol. The highest BCUT2D eigenvalue weighted by molar-refractivity contribution is 6.09. The monoisotopic (exact) mass is 424 g/mol. The maximum Gasteiger partial charge on any atom is 0.410 e. The Hall–Kier alpha value is -3.61. The first-order valence-corrected chi connectivity index (χ1v) is 10.0. The van der Waals surface area contributed by atoms with E-state index in [0.29, 0.717) is 23.3 Å². The smallest absolute Gasteiger partial charge is 0.410 e. The summed E-state index contributed by atoms with van der Waals surface area (Å²) in [5, 5.41) is 12.0. The summed E-state index contributed by atoms with van der Waals surface area (Å²) in [7, 11) is 1.60. The molecule has 4 heterocycles. The number of rotatable bonds is 0. The number of hydrogen-bond acceptors (Lipinski definition) is 7. The number of carbonyl (C=O) groups excluding carboxylic acids is 2. The molecule has 2 atom stereocenters. The molecule has 10 heteroatoms. The van der Waals surface area contributed by atoms with Crippen LogP contribution >= 0.6 is 0 Å². The molecular weight excluding hydrogens is 400 g/mol. The Morgan fingerprint density at radius 1 is 1.29 bits per heavy atom. The predicted octanol–water partition coefficient (Wildman–Crippen LogP) is 1.57. The lowest BCUT2D eigenvalue weighted by molar-refractivity contribution is -0.118. The van der Waals surface area contributed by atoms with Crippen LogP contribution in [0.5, 0.6) is 0 Å². The summed E-state index contributed by atoms with van der Waals surface area (Å²) in [6.07, 6.45) is -0.489. The second kappa shape index (κ2) is 6.97. The van der Waals surface area contributed by atoms with Gasteiger partial charge in [0.15, 0.2) is 0 Å². The molecule has 1 saturated heterocycles. The summed E-state index contributed by atoms with van der Waals surface area (Å²) in [5.41, 5.74) is 0.825. The molecule has 2 aromatic rings. The molecule has 31 heavy (non-hydrogen) atoms. The van der Waals surface area contributed by atoms with Crippen LogP contribution in [0.2, 0.25) is 0 Å². The van der Waals surface area contributed by atoms with E-state index in [0.717, 1.165) is 0 Å². The standard InChI is InChI=1S/C21H24N6O4/c1-11-9-27-14(10-26(11)20(30)31-21(2,3)4)18(28)24-16-17(27)15-13(25(5)19(16)29)7-6-12(8-22)23-15/h6-7,11,14H,9-10H2,1-5H3,(H,24,28)/t11-,14-/m1/s1. The molecule has 0 aromatic carbocycles. The van der Waals surface area contributed by atoms with Crippen molar-refractivity contribution in [1.82, 2.24) is 14.5 Å². The number of aryl methyl sites for hydroxylation is 1. The number of aromatic nitrogens is 2. The molecule has 0 radical (unpaired) electrons. The zero-order valence-corrected chi connectivity index (χ0v) is 18.1. The van der Waals surface area contributed by atoms with Gasteiger partial charge in [0, 0.05) is 19.6 Å². The molecule has 2 amide bonds. The topological polar surface area (TPSA) is 121 Å². The van der Waals surface area contributed by atoms with Crippen molar-refractivity contribution in [2.24, 2.45) is 7.05 Å². The van der Waals surface area contributed by atoms with Gasteiger partial charge in [-0.15, -0.1) is 0 Å². The fraction of sp³-hybridized carbons (Fsp3) is 0.476. The van der Waals surface area contributed by atoms with Crippen LogP contribution in [-0.2, 0) is 16.6 Å². The van der Waals surface area contributed by atoms with Crippen molar-refractivity contribution >= 4 is 34.4 Å². The van der Waals surface area contributed by atoms with E-state index in [1.165, 1.54) is 9.47 Å². The lowest BCUT2D eigenvalue weighted by Gasteiger charge is -2.47. The third-order valence-electron chi connectivity index (χ3n) is 5.53. The second-order valence-corrected chi connectivity index (χ2v) is 8.90. The maximum absolute atomic E-state index is 13.0. The summed E-state index contributed by atoms with van der Waals surface area (Å²) in [6.45, 7) is 7.64. The Morgan fingerprint density at radius 3 is 2.65 bits per heavy atom. The van der Waals surface area contributed by atoms with Gasteiger partial charge in [-0.2, -0.15) is 5.26 Å². The van der Waals surface area contributed by atoms with Crippen molar-refractivity contribution in [3.8, 4) is 6.07 Å². The molecule has 1 N–H and O–H groups in total. The minimum atomic E-state index is -0.709. The summed E-state index contributed by atoms with van der Waals surface area (Å²) >= 11 is 0. The minimum absolute atomic E-state index is 0.107. The zero-order valence-electron chi connectivity index (χ0n) is 18.1. The second-order valence-electron chi connectivity index (χ2n) is 8.90. The highest BCUT2D eigenvalue weighted by Crippen LogP contribution is 2.38. The highest BCUT2D eigenvalue weighted by Gasteiger charge is 2.44. The molecule has 0 bridgehead atoms. The van der Waals surface area contributed by atoms with Gasteiger partial charge in [0.05, 0.1) is 17.7 Å². The van der Waals surface area contributed by atoms with E-state index in [4.69, 9.17) is 4.74 Å². The molecule has 0 spiro atoms. The SMILES string of the molecule is C[C@@H]1CN2c3c(c(=O)n(C)c4ccc(C#N)nc34)NC(=O)[C@H]2CN1C(=O)OC(C)(C)C. The van der Waals surface area contributed by atoms with Crippen molar-refractivity contribution in [2.75, 3.05) is 23.3 Å². The molecule has 4 rings (SSSR count). The first-order chi connectivity index (χ1) is 14.5. The average Bonchev–Trinajstić information content (AvgIpc) is 2.69. The first-order valence-electron chi connectivity index (χ1n) is 10.0. The molecule has 2 aliphatic heterocycles. The average molecular weight is 424 g/mol. The number of amides is 2. The lowest BCUT2D eigenvalue weighted by Crippen LogP contribution is -2.65. The van der Waals surface area contributed by atoms with Crippen molar-refractivity contribution in [3.63, 3.8) is 0 Å². The number of anilines is 2. The van der Waals surface area contributed by atoms with Crippen LogP contribution in [0.15, 0.2) is 16.9 Å². The molecule has 0 unspecified atom stereocenters. The lowest BCUT2D eigenvalue weighted by atomic mass is 10.0. The van der Waals surface area contributed by atoms with Gasteiger partial charge in [-0.3, -0.25) is 9.59 Å². The van der Waals surface area contributed by atoms with Crippen LogP contribution in [0.25, 0.3) is 11.0 Å². The Labute approximate surface area is 179 Å². The summed E-state index contributed by atoms with van der Waals surface area (Å²) < 4.78 is 6.91. The number of hydrogen-bond donors (Lipinski definition) is 1. The normalized spacial score (nSPS) is 20.6. The number of fused-ring (bicyclic) bond motifs is 5. The molecule has 0 saturated carbocycles. The Morgan fingerprint density at radius 2 is 2.00 bits per heavy atom. The van der Waals surface area contributed by atoms with Gasteiger partial charge >= 0.3 is 6.09 Å². The Bertz CT molecular complexity index is 1210. The van der Waals surface area contributed by atoms with Crippen LogP contribution in [-0.4, -0.2) is 57.2 Å². The van der Waals surface area contributed by atoms with Crippen molar-refractivity contribution in [2.45, 2.75) is 45.4 Å². The number of carbonyl (C=O) groups is 2. The molecule has 2 aromatic heterocycles. The Kier molecular flexibility index (Phi) is 4.65. The number of piperazine rings is 1. The third kappa shape index (κ3) is 3.36. The van der Waals surface area contributed by atoms with E-state index >= 15 is 0 Å². The molecule has 2 aliphatic rings. The fourth-order valence-electron chi connectivity index (χ4n) is 4.08. The van der Waals surface area contributed by atoms with Crippen LogP contribution in [0, 0.1) is 11.3 Å². The quantitative estimate of drug-likeness (QED) is 0.681. The van der Waals surface area contributed by atoms with Gasteiger partial charge in [0.25, 0.3) is 5.56 Å². The largest absolute Gasteiger partial charge is 0.444 e. The van der Waals surface area contributed by atoms with Gasteiger partial charge < -0.3 is 24.4 Å². The number of nitrogens with zero attached hydrogens (tertiary/aromatic N) is 5. The molecular formula is C21H24N6O4. The van der Waals surface area contributed by atoms with Crippen molar-refractivity contribution < 1.29 is 14.3 Å². The van der Waals surface area contributed by atoms with Crippen molar-refractivity contribution in [3.05, 3.63) is 28.2 Å². The highest BCUT2D eigenvalue weighted by atomic mass is 16.6. The Balaban J connectivity index is 1.83. The summed E-state index contributed by atoms with van der Waals surface area (Å²) in [5.74, 6) is -0.374. The number of nitrogens with one attached hydrogen (secondary N) is 1. The summed E-state index contributed by atoms with van der Waals surface area (Å²) in [4.78, 5) is 46.4. The zero-order chi connectivity index (χ0) is 22.7. The van der Waals surface area contributed by atoms with Crippen LogP contribution in [0.4, 0.5) is 16.2 Å². The third-order valence-corrected chi connectivity index (χ3v) is 5.53. The molecule has 1 fully saturated rings. The van der Waals surface area contributed by atoms with Gasteiger partial charge in [0.1, 0.15) is 34.6 Å². The maximum atomic E-state index is 13.0. The van der Waals surface area contributed by atoms with E-state index in [1.807, 2.05) is 17.9 Å². The molecule has 162 valence electrons. The van der Waals surface area contributed by atoms with E-state index in [9.17, 15) is 19.6 Å². The fourth-order valence-corrected chi connectivity index (χ4v) is 4.08. The van der Waals surface area contributed by atoms with E-state index in [1.54, 1.807) is 40.0 Å². The molecule has 0 aliphatic carbocycles. The van der Waals surface area contributed by atoms with E-state index in [-0.39, 0.29) is 35.4 Å². The molecule has 10 nitrogen and oxygen atoms in total. The van der Waals surface area contributed by atoms with Crippen LogP contribution in [0.1, 0.15) is 33.4 Å². The minimum Gasteiger partial charge on any atom is -0.444 e. The van der Waals surface area contributed by atoms with Gasteiger partial charge in [-0.25, -0.2) is 9.78 Å². The van der Waals surface area contributed by atoms with Crippen LogP contribution < -0.4 is 15.8 Å². The summed E-state index contributed by atoms with van der Waals surface area (Å²) in [6, 6.07) is 4.26. The van der Waals surface area contributed by atoms with Crippen molar-refractivity contribution in [1.29, 1.82) is 5.26 Å². The number of pyridine rings is 2. The van der Waals surface area contributed by atoms with Gasteiger partial charge in [-0.05, 0) is 39.8 Å². The van der Waals surface area contributed by atoms with E-state index in [2.05, 4.69) is 10.3 Å².